The van der Waals surface area contributed by atoms with Gasteiger partial charge in [-0.15, -0.1) is 0 Å². The molecule has 14 heteroatoms. The van der Waals surface area contributed by atoms with Crippen LogP contribution in [0.2, 0.25) is 0 Å². The number of nitrogens with zero attached hydrogens (tertiary/aromatic N) is 7. The highest BCUT2D eigenvalue weighted by molar-refractivity contribution is 14.1. The molecule has 0 aliphatic heterocycles. The van der Waals surface area contributed by atoms with Crippen molar-refractivity contribution in [1.82, 2.24) is 19.9 Å². The maximum absolute atomic E-state index is 11.6. The zero-order chi connectivity index (χ0) is 25.8. The van der Waals surface area contributed by atoms with Gasteiger partial charge in [0.05, 0.1) is 34.3 Å². The minimum absolute atomic E-state index is 0.0806. The van der Waals surface area contributed by atoms with E-state index in [2.05, 4.69) is 19.9 Å². The normalized spacial score (nSPS) is 10.5. The van der Waals surface area contributed by atoms with Crippen molar-refractivity contribution < 1.29 is 14.8 Å². The molecular formula is C22H13I2N7O4S. The second-order valence-electron chi connectivity index (χ2n) is 6.95. The summed E-state index contributed by atoms with van der Waals surface area (Å²) >= 11 is 10.1. The van der Waals surface area contributed by atoms with Gasteiger partial charge in [0.15, 0.2) is 16.7 Å². The van der Waals surface area contributed by atoms with Crippen LogP contribution in [-0.4, -0.2) is 41.0 Å². The van der Waals surface area contributed by atoms with Crippen molar-refractivity contribution in [2.75, 3.05) is 9.80 Å². The Balaban J connectivity index is 1.92. The Morgan fingerprint density at radius 2 is 1.44 bits per heavy atom. The molecule has 0 radical (unpaired) electrons. The molecule has 0 aliphatic rings. The first-order chi connectivity index (χ1) is 17.3. The number of nitro groups is 1. The molecule has 2 heterocycles. The number of carboxylic acids is 1. The topological polar surface area (TPSA) is 138 Å². The number of anilines is 4. The largest absolute Gasteiger partial charge is 0.478 e. The van der Waals surface area contributed by atoms with Gasteiger partial charge in [-0.1, -0.05) is 0 Å². The Kier molecular flexibility index (Phi) is 7.94. The Bertz CT molecular complexity index is 1420. The summed E-state index contributed by atoms with van der Waals surface area (Å²) in [7, 11) is 0. The lowest BCUT2D eigenvalue weighted by molar-refractivity contribution is -0.384. The minimum atomic E-state index is -1.06. The van der Waals surface area contributed by atoms with Crippen molar-refractivity contribution in [3.63, 3.8) is 0 Å². The van der Waals surface area contributed by atoms with Crippen LogP contribution in [0.4, 0.5) is 28.7 Å². The van der Waals surface area contributed by atoms with Gasteiger partial charge in [0, 0.05) is 44.1 Å². The average molecular weight is 725 g/mol. The van der Waals surface area contributed by atoms with Crippen LogP contribution in [-0.2, 0) is 0 Å². The molecule has 0 atom stereocenters. The monoisotopic (exact) mass is 725 g/mol. The van der Waals surface area contributed by atoms with Crippen LogP contribution < -0.4 is 9.80 Å². The van der Waals surface area contributed by atoms with E-state index in [1.807, 2.05) is 45.2 Å². The van der Waals surface area contributed by atoms with E-state index >= 15 is 0 Å². The van der Waals surface area contributed by atoms with Crippen molar-refractivity contribution in [2.24, 2.45) is 0 Å². The van der Waals surface area contributed by atoms with Gasteiger partial charge >= 0.3 is 5.97 Å². The SMILES string of the molecule is O=C(O)c1cc(I)c(N(C(=S)N(c2ccc([N+](=O)[O-])cc2)c2cnccn2)c2cnccn2)c(I)c1. The van der Waals surface area contributed by atoms with Crippen LogP contribution in [0.1, 0.15) is 10.4 Å². The lowest BCUT2D eigenvalue weighted by Gasteiger charge is -2.33. The average Bonchev–Trinajstić information content (AvgIpc) is 2.87. The number of carbonyl (C=O) groups is 1. The lowest BCUT2D eigenvalue weighted by atomic mass is 10.2. The zero-order valence-corrected chi connectivity index (χ0v) is 23.0. The van der Waals surface area contributed by atoms with E-state index < -0.39 is 10.9 Å². The summed E-state index contributed by atoms with van der Waals surface area (Å²) < 4.78 is 1.21. The highest BCUT2D eigenvalue weighted by Crippen LogP contribution is 2.37. The fourth-order valence-electron chi connectivity index (χ4n) is 3.19. The van der Waals surface area contributed by atoms with E-state index in [9.17, 15) is 20.0 Å². The number of aromatic nitrogens is 4. The first-order valence-electron chi connectivity index (χ1n) is 9.91. The van der Waals surface area contributed by atoms with Crippen LogP contribution >= 0.6 is 57.4 Å². The number of rotatable bonds is 6. The molecule has 2 aromatic heterocycles. The molecule has 0 aliphatic carbocycles. The van der Waals surface area contributed by atoms with E-state index in [0.29, 0.717) is 30.2 Å². The second-order valence-corrected chi connectivity index (χ2v) is 9.64. The number of aromatic carboxylic acids is 1. The van der Waals surface area contributed by atoms with Gasteiger partial charge in [0.25, 0.3) is 5.69 Å². The van der Waals surface area contributed by atoms with Crippen molar-refractivity contribution in [2.45, 2.75) is 0 Å². The van der Waals surface area contributed by atoms with Gasteiger partial charge in [-0.05, 0) is 81.7 Å². The first-order valence-corrected chi connectivity index (χ1v) is 12.5. The molecule has 36 heavy (non-hydrogen) atoms. The molecule has 0 bridgehead atoms. The van der Waals surface area contributed by atoms with Crippen LogP contribution in [0, 0.1) is 17.3 Å². The van der Waals surface area contributed by atoms with Crippen LogP contribution in [0.25, 0.3) is 0 Å². The summed E-state index contributed by atoms with van der Waals surface area (Å²) in [6.45, 7) is 0. The number of thiocarbonyl (C=S) groups is 1. The molecule has 4 aromatic rings. The number of benzene rings is 2. The maximum atomic E-state index is 11.6. The summed E-state index contributed by atoms with van der Waals surface area (Å²) in [5.74, 6) is -0.326. The van der Waals surface area contributed by atoms with Crippen molar-refractivity contribution in [3.05, 3.63) is 96.4 Å². The van der Waals surface area contributed by atoms with Gasteiger partial charge in [0.1, 0.15) is 0 Å². The predicted molar refractivity (Wildman–Crippen MR) is 153 cm³/mol. The molecule has 0 amide bonds. The number of non-ortho nitro benzene ring substituents is 1. The van der Waals surface area contributed by atoms with Gasteiger partial charge in [-0.2, -0.15) is 0 Å². The Labute approximate surface area is 236 Å². The third-order valence-corrected chi connectivity index (χ3v) is 6.76. The molecule has 0 unspecified atom stereocenters. The highest BCUT2D eigenvalue weighted by atomic mass is 127. The standard InChI is InChI=1S/C22H13I2N7O4S/c23-16-9-13(21(32)33)10-17(24)20(16)30(19-12-26-6-8-28-19)22(36)29(18-11-25-5-7-27-18)14-1-3-15(4-2-14)31(34)35/h1-12H,(H,32,33). The molecule has 0 fully saturated rings. The molecule has 4 rings (SSSR count). The number of halogens is 2. The number of hydrogen-bond acceptors (Lipinski definition) is 8. The Hall–Kier alpha value is -3.38. The van der Waals surface area contributed by atoms with Crippen molar-refractivity contribution in [1.29, 1.82) is 0 Å². The maximum Gasteiger partial charge on any atom is 0.335 e. The summed E-state index contributed by atoms with van der Waals surface area (Å²) in [4.78, 5) is 42.7. The van der Waals surface area contributed by atoms with Gasteiger partial charge in [-0.3, -0.25) is 29.9 Å². The molecule has 11 nitrogen and oxygen atoms in total. The van der Waals surface area contributed by atoms with Crippen molar-refractivity contribution in [3.8, 4) is 0 Å². The van der Waals surface area contributed by atoms with Crippen molar-refractivity contribution >= 4 is 97.2 Å². The zero-order valence-electron chi connectivity index (χ0n) is 17.9. The lowest BCUT2D eigenvalue weighted by Crippen LogP contribution is -2.39. The second kappa shape index (κ2) is 11.1. The number of hydrogen-bond donors (Lipinski definition) is 1. The molecule has 0 spiro atoms. The van der Waals surface area contributed by atoms with E-state index in [1.165, 1.54) is 61.4 Å². The summed E-state index contributed by atoms with van der Waals surface area (Å²) in [6, 6.07) is 8.90. The first kappa shape index (κ1) is 25.7. The third-order valence-electron chi connectivity index (χ3n) is 4.75. The van der Waals surface area contributed by atoms with E-state index in [1.54, 1.807) is 21.9 Å². The molecule has 1 N–H and O–H groups in total. The summed E-state index contributed by atoms with van der Waals surface area (Å²) in [5.41, 5.74) is 1.12. The molecule has 0 saturated carbocycles. The molecule has 0 saturated heterocycles. The summed E-state index contributed by atoms with van der Waals surface area (Å²) in [5, 5.41) is 20.9. The van der Waals surface area contributed by atoms with Crippen LogP contribution in [0.15, 0.2) is 73.6 Å². The molecule has 180 valence electrons. The van der Waals surface area contributed by atoms with Crippen LogP contribution in [0.5, 0.6) is 0 Å². The van der Waals surface area contributed by atoms with E-state index in [0.717, 1.165) is 0 Å². The number of carboxylic acid groups (broad SMARTS) is 1. The quantitative estimate of drug-likeness (QED) is 0.119. The van der Waals surface area contributed by atoms with Gasteiger partial charge in [-0.25, -0.2) is 14.8 Å². The Morgan fingerprint density at radius 3 is 1.89 bits per heavy atom. The Morgan fingerprint density at radius 1 is 0.917 bits per heavy atom. The van der Waals surface area contributed by atoms with E-state index in [4.69, 9.17) is 12.2 Å². The van der Waals surface area contributed by atoms with Gasteiger partial charge in [0.2, 0.25) is 0 Å². The fraction of sp³-hybridized carbons (Fsp3) is 0. The van der Waals surface area contributed by atoms with E-state index in [-0.39, 0.29) is 16.4 Å². The number of nitro benzene ring substituents is 1. The summed E-state index contributed by atoms with van der Waals surface area (Å²) in [6.07, 6.45) is 9.07. The van der Waals surface area contributed by atoms with Gasteiger partial charge < -0.3 is 5.11 Å². The smallest absolute Gasteiger partial charge is 0.335 e. The minimum Gasteiger partial charge on any atom is -0.478 e. The highest BCUT2D eigenvalue weighted by Gasteiger charge is 2.29. The fourth-order valence-corrected chi connectivity index (χ4v) is 5.82. The third kappa shape index (κ3) is 5.39. The predicted octanol–water partition coefficient (Wildman–Crippen LogP) is 5.34. The molecular weight excluding hydrogens is 712 g/mol. The molecule has 2 aromatic carbocycles. The van der Waals surface area contributed by atoms with Crippen LogP contribution in [0.3, 0.4) is 0 Å².